The summed E-state index contributed by atoms with van der Waals surface area (Å²) in [6.07, 6.45) is 3.14. The molecule has 0 aromatic heterocycles. The van der Waals surface area contributed by atoms with Crippen molar-refractivity contribution in [3.63, 3.8) is 0 Å². The lowest BCUT2D eigenvalue weighted by atomic mass is 9.92. The predicted molar refractivity (Wildman–Crippen MR) is 84.5 cm³/mol. The molecule has 0 aliphatic carbocycles. The van der Waals surface area contributed by atoms with Gasteiger partial charge in [-0.2, -0.15) is 0 Å². The van der Waals surface area contributed by atoms with Crippen molar-refractivity contribution in [2.45, 2.75) is 37.8 Å². The van der Waals surface area contributed by atoms with Crippen molar-refractivity contribution in [3.05, 3.63) is 23.8 Å². The van der Waals surface area contributed by atoms with E-state index in [1.54, 1.807) is 20.3 Å². The van der Waals surface area contributed by atoms with E-state index in [-0.39, 0.29) is 23.9 Å². The van der Waals surface area contributed by atoms with Gasteiger partial charge in [-0.15, -0.1) is 0 Å². The highest BCUT2D eigenvalue weighted by Gasteiger charge is 2.42. The molecule has 2 saturated heterocycles. The van der Waals surface area contributed by atoms with E-state index in [2.05, 4.69) is 5.32 Å². The van der Waals surface area contributed by atoms with Crippen LogP contribution >= 0.6 is 0 Å². The van der Waals surface area contributed by atoms with Crippen LogP contribution in [0.5, 0.6) is 11.5 Å². The Morgan fingerprint density at radius 2 is 1.61 bits per heavy atom. The minimum Gasteiger partial charge on any atom is -0.497 e. The topological polar surface area (TPSA) is 67.9 Å². The Hall–Kier alpha value is -2.08. The zero-order valence-electron chi connectivity index (χ0n) is 13.5. The summed E-state index contributed by atoms with van der Waals surface area (Å²) < 4.78 is 10.5. The first-order valence-electron chi connectivity index (χ1n) is 7.95. The van der Waals surface area contributed by atoms with Gasteiger partial charge in [-0.3, -0.25) is 19.8 Å². The third-order valence-electron chi connectivity index (χ3n) is 4.55. The van der Waals surface area contributed by atoms with E-state index in [1.165, 1.54) is 4.90 Å². The Morgan fingerprint density at radius 3 is 2.13 bits per heavy atom. The van der Waals surface area contributed by atoms with Gasteiger partial charge in [-0.1, -0.05) is 0 Å². The van der Waals surface area contributed by atoms with Gasteiger partial charge < -0.3 is 9.47 Å². The Labute approximate surface area is 135 Å². The molecule has 2 aliphatic heterocycles. The van der Waals surface area contributed by atoms with Gasteiger partial charge in [-0.05, 0) is 43.4 Å². The van der Waals surface area contributed by atoms with Crippen LogP contribution in [0.3, 0.4) is 0 Å². The summed E-state index contributed by atoms with van der Waals surface area (Å²) >= 11 is 0. The smallest absolute Gasteiger partial charge is 0.246 e. The summed E-state index contributed by atoms with van der Waals surface area (Å²) in [6.45, 7) is 0.392. The number of hydrogen-bond donors (Lipinski definition) is 1. The quantitative estimate of drug-likeness (QED) is 0.824. The van der Waals surface area contributed by atoms with Crippen molar-refractivity contribution in [3.8, 4) is 11.5 Å². The third kappa shape index (κ3) is 3.17. The molecule has 0 radical (unpaired) electrons. The first-order chi connectivity index (χ1) is 11.1. The van der Waals surface area contributed by atoms with Gasteiger partial charge in [0.1, 0.15) is 11.5 Å². The number of piperazine rings is 1. The fourth-order valence-corrected chi connectivity index (χ4v) is 3.28. The number of likely N-dealkylation sites (tertiary alicyclic amines) is 1. The Bertz CT molecular complexity index is 572. The minimum absolute atomic E-state index is 0.0965. The number of ether oxygens (including phenoxy) is 2. The molecule has 124 valence electrons. The van der Waals surface area contributed by atoms with E-state index in [9.17, 15) is 9.59 Å². The van der Waals surface area contributed by atoms with Gasteiger partial charge in [0.2, 0.25) is 11.8 Å². The number of nitrogens with zero attached hydrogens (tertiary/aromatic N) is 1. The summed E-state index contributed by atoms with van der Waals surface area (Å²) in [5, 5.41) is 3.14. The first-order valence-corrected chi connectivity index (χ1v) is 7.95. The number of amides is 2. The zero-order valence-corrected chi connectivity index (χ0v) is 13.5. The van der Waals surface area contributed by atoms with E-state index < -0.39 is 0 Å². The first kappa shape index (κ1) is 15.8. The van der Waals surface area contributed by atoms with Crippen LogP contribution in [0.4, 0.5) is 0 Å². The van der Waals surface area contributed by atoms with Crippen LogP contribution in [0.1, 0.15) is 24.8 Å². The maximum absolute atomic E-state index is 12.4. The molecule has 0 spiro atoms. The molecule has 2 amide bonds. The lowest BCUT2D eigenvalue weighted by Gasteiger charge is -2.40. The van der Waals surface area contributed by atoms with Crippen molar-refractivity contribution in [2.75, 3.05) is 20.8 Å². The number of nitrogens with one attached hydrogen (secondary N) is 1. The molecular weight excluding hydrogens is 296 g/mol. The molecule has 1 aromatic rings. The second kappa shape index (κ2) is 6.58. The highest BCUT2D eigenvalue weighted by Crippen LogP contribution is 2.25. The number of hydrogen-bond acceptors (Lipinski definition) is 5. The summed E-state index contributed by atoms with van der Waals surface area (Å²) in [7, 11) is 3.20. The minimum atomic E-state index is -0.203. The zero-order chi connectivity index (χ0) is 16.4. The molecule has 2 atom stereocenters. The summed E-state index contributed by atoms with van der Waals surface area (Å²) in [4.78, 5) is 26.2. The number of methoxy groups -OCH3 is 2. The lowest BCUT2D eigenvalue weighted by Crippen LogP contribution is -2.65. The van der Waals surface area contributed by atoms with Crippen molar-refractivity contribution < 1.29 is 19.1 Å². The number of benzene rings is 1. The monoisotopic (exact) mass is 318 g/mol. The van der Waals surface area contributed by atoms with Crippen molar-refractivity contribution in [1.29, 1.82) is 0 Å². The Kier molecular flexibility index (Phi) is 4.52. The molecular formula is C17H22N2O4. The molecule has 2 unspecified atom stereocenters. The van der Waals surface area contributed by atoms with E-state index in [4.69, 9.17) is 9.47 Å². The predicted octanol–water partition coefficient (Wildman–Crippen LogP) is 1.13. The maximum Gasteiger partial charge on any atom is 0.246 e. The molecule has 2 fully saturated rings. The van der Waals surface area contributed by atoms with Gasteiger partial charge in [0.25, 0.3) is 0 Å². The van der Waals surface area contributed by atoms with Crippen LogP contribution in [0, 0.1) is 0 Å². The van der Waals surface area contributed by atoms with E-state index in [0.717, 1.165) is 24.8 Å². The number of rotatable bonds is 5. The van der Waals surface area contributed by atoms with Gasteiger partial charge in [0, 0.05) is 12.6 Å². The molecule has 6 nitrogen and oxygen atoms in total. The molecule has 3 rings (SSSR count). The second-order valence-electron chi connectivity index (χ2n) is 6.00. The largest absolute Gasteiger partial charge is 0.497 e. The average molecular weight is 318 g/mol. The van der Waals surface area contributed by atoms with Crippen LogP contribution in [-0.4, -0.2) is 49.6 Å². The Morgan fingerprint density at radius 1 is 1.04 bits per heavy atom. The molecule has 0 saturated carbocycles. The molecule has 23 heavy (non-hydrogen) atoms. The molecule has 2 bridgehead atoms. The normalized spacial score (nSPS) is 23.8. The number of piperidine rings is 1. The van der Waals surface area contributed by atoms with Gasteiger partial charge in [0.05, 0.1) is 26.3 Å². The van der Waals surface area contributed by atoms with Gasteiger partial charge in [-0.25, -0.2) is 0 Å². The number of imide groups is 1. The molecule has 1 N–H and O–H groups in total. The van der Waals surface area contributed by atoms with Gasteiger partial charge >= 0.3 is 0 Å². The van der Waals surface area contributed by atoms with Crippen molar-refractivity contribution >= 4 is 11.8 Å². The molecule has 2 heterocycles. The molecule has 6 heteroatoms. The highest BCUT2D eigenvalue weighted by atomic mass is 16.5. The second-order valence-corrected chi connectivity index (χ2v) is 6.00. The summed E-state index contributed by atoms with van der Waals surface area (Å²) in [5.74, 6) is 1.21. The fourth-order valence-electron chi connectivity index (χ4n) is 3.28. The number of fused-ring (bicyclic) bond motifs is 2. The van der Waals surface area contributed by atoms with Crippen LogP contribution in [0.15, 0.2) is 18.2 Å². The van der Waals surface area contributed by atoms with Crippen LogP contribution in [0.2, 0.25) is 0 Å². The third-order valence-corrected chi connectivity index (χ3v) is 4.55. The fraction of sp³-hybridized carbons (Fsp3) is 0.529. The van der Waals surface area contributed by atoms with Crippen LogP contribution < -0.4 is 14.8 Å². The van der Waals surface area contributed by atoms with Crippen LogP contribution in [-0.2, 0) is 16.0 Å². The maximum atomic E-state index is 12.4. The van der Waals surface area contributed by atoms with Gasteiger partial charge in [0.15, 0.2) is 0 Å². The summed E-state index contributed by atoms with van der Waals surface area (Å²) in [6, 6.07) is 5.20. The summed E-state index contributed by atoms with van der Waals surface area (Å²) in [5.41, 5.74) is 0.977. The Balaban J connectivity index is 1.72. The van der Waals surface area contributed by atoms with Crippen molar-refractivity contribution in [2.24, 2.45) is 0 Å². The lowest BCUT2D eigenvalue weighted by molar-refractivity contribution is -0.153. The number of carbonyl (C=O) groups is 2. The number of carbonyl (C=O) groups excluding carboxylic acids is 2. The standard InChI is InChI=1S/C17H22N2O4/c1-22-12-8-11(9-13(10-12)23-2)6-7-19-16(20)14-4-3-5-15(18-14)17(19)21/h8-10,14-15,18H,3-7H2,1-2H3. The van der Waals surface area contributed by atoms with E-state index in [0.29, 0.717) is 24.5 Å². The van der Waals surface area contributed by atoms with Crippen molar-refractivity contribution in [1.82, 2.24) is 10.2 Å². The van der Waals surface area contributed by atoms with Crippen LogP contribution in [0.25, 0.3) is 0 Å². The average Bonchev–Trinajstić information content (AvgIpc) is 2.60. The highest BCUT2D eigenvalue weighted by molar-refractivity contribution is 6.03. The van der Waals surface area contributed by atoms with E-state index in [1.807, 2.05) is 12.1 Å². The van der Waals surface area contributed by atoms with E-state index >= 15 is 0 Å². The molecule has 2 aliphatic rings. The molecule has 1 aromatic carbocycles. The SMILES string of the molecule is COc1cc(CCN2C(=O)C3CCCC(N3)C2=O)cc(OC)c1.